The van der Waals surface area contributed by atoms with Gasteiger partial charge in [-0.1, -0.05) is 15.9 Å². The average Bonchev–Trinajstić information content (AvgIpc) is 3.01. The van der Waals surface area contributed by atoms with Crippen molar-refractivity contribution in [3.05, 3.63) is 51.9 Å². The van der Waals surface area contributed by atoms with E-state index in [4.69, 9.17) is 0 Å². The number of hydrogen-bond acceptors (Lipinski definition) is 2. The predicted octanol–water partition coefficient (Wildman–Crippen LogP) is 4.74. The topological polar surface area (TPSA) is 34.0 Å². The number of benzene rings is 1. The van der Waals surface area contributed by atoms with E-state index in [0.717, 1.165) is 26.9 Å². The summed E-state index contributed by atoms with van der Waals surface area (Å²) in [6, 6.07) is 11.6. The number of anilines is 1. The maximum absolute atomic E-state index is 12.4. The van der Waals surface area contributed by atoms with E-state index in [2.05, 4.69) is 27.3 Å². The van der Waals surface area contributed by atoms with Crippen LogP contribution in [0.1, 0.15) is 17.4 Å². The molecule has 102 valence electrons. The van der Waals surface area contributed by atoms with Crippen molar-refractivity contribution in [2.75, 3.05) is 5.32 Å². The van der Waals surface area contributed by atoms with Crippen LogP contribution in [0.15, 0.2) is 46.3 Å². The van der Waals surface area contributed by atoms with Gasteiger partial charge in [-0.15, -0.1) is 11.3 Å². The molecule has 0 fully saturated rings. The SMILES string of the molecule is CCn1c(C(=O)Nc2ccc(Br)cc2)cc2sccc21. The highest BCUT2D eigenvalue weighted by atomic mass is 79.9. The third kappa shape index (κ3) is 2.39. The Morgan fingerprint density at radius 3 is 2.75 bits per heavy atom. The minimum Gasteiger partial charge on any atom is -0.336 e. The Morgan fingerprint density at radius 1 is 1.30 bits per heavy atom. The number of aryl methyl sites for hydroxylation is 1. The average molecular weight is 349 g/mol. The fourth-order valence-corrected chi connectivity index (χ4v) is 3.32. The van der Waals surface area contributed by atoms with Gasteiger partial charge in [0.25, 0.3) is 5.91 Å². The van der Waals surface area contributed by atoms with E-state index in [0.29, 0.717) is 5.69 Å². The number of fused-ring (bicyclic) bond motifs is 1. The first-order chi connectivity index (χ1) is 9.69. The van der Waals surface area contributed by atoms with Crippen molar-refractivity contribution in [1.29, 1.82) is 0 Å². The lowest BCUT2D eigenvalue weighted by atomic mass is 10.3. The van der Waals surface area contributed by atoms with Crippen LogP contribution in [0, 0.1) is 0 Å². The van der Waals surface area contributed by atoms with E-state index in [1.807, 2.05) is 47.2 Å². The van der Waals surface area contributed by atoms with Gasteiger partial charge in [-0.3, -0.25) is 4.79 Å². The molecule has 1 N–H and O–H groups in total. The maximum atomic E-state index is 12.4. The normalized spacial score (nSPS) is 10.9. The van der Waals surface area contributed by atoms with Gasteiger partial charge in [0.1, 0.15) is 5.69 Å². The van der Waals surface area contributed by atoms with Gasteiger partial charge < -0.3 is 9.88 Å². The van der Waals surface area contributed by atoms with Crippen molar-refractivity contribution in [3.8, 4) is 0 Å². The molecule has 0 saturated heterocycles. The number of amides is 1. The van der Waals surface area contributed by atoms with Gasteiger partial charge in [-0.25, -0.2) is 0 Å². The maximum Gasteiger partial charge on any atom is 0.272 e. The van der Waals surface area contributed by atoms with Crippen LogP contribution in [0.25, 0.3) is 10.2 Å². The van der Waals surface area contributed by atoms with E-state index in [-0.39, 0.29) is 5.91 Å². The summed E-state index contributed by atoms with van der Waals surface area (Å²) in [5.74, 6) is -0.0717. The van der Waals surface area contributed by atoms with Gasteiger partial charge in [0.2, 0.25) is 0 Å². The number of carbonyl (C=O) groups is 1. The number of thiophene rings is 1. The molecule has 1 amide bonds. The van der Waals surface area contributed by atoms with Gasteiger partial charge in [-0.2, -0.15) is 0 Å². The number of nitrogens with one attached hydrogen (secondary N) is 1. The van der Waals surface area contributed by atoms with Gasteiger partial charge in [0.05, 0.1) is 10.2 Å². The largest absolute Gasteiger partial charge is 0.336 e. The second kappa shape index (κ2) is 5.42. The summed E-state index contributed by atoms with van der Waals surface area (Å²) in [6.45, 7) is 2.83. The van der Waals surface area contributed by atoms with E-state index in [1.165, 1.54) is 0 Å². The van der Waals surface area contributed by atoms with E-state index < -0.39 is 0 Å². The molecule has 3 rings (SSSR count). The lowest BCUT2D eigenvalue weighted by Crippen LogP contribution is -2.16. The molecule has 0 unspecified atom stereocenters. The molecule has 20 heavy (non-hydrogen) atoms. The zero-order chi connectivity index (χ0) is 14.1. The van der Waals surface area contributed by atoms with Crippen LogP contribution < -0.4 is 5.32 Å². The standard InChI is InChI=1S/C15H13BrN2OS/c1-2-18-12-7-8-20-14(12)9-13(18)15(19)17-11-5-3-10(16)4-6-11/h3-9H,2H2,1H3,(H,17,19). The van der Waals surface area contributed by atoms with Gasteiger partial charge in [0, 0.05) is 16.7 Å². The van der Waals surface area contributed by atoms with Crippen molar-refractivity contribution in [2.24, 2.45) is 0 Å². The van der Waals surface area contributed by atoms with E-state index in [9.17, 15) is 4.79 Å². The molecule has 0 aliphatic carbocycles. The fraction of sp³-hybridized carbons (Fsp3) is 0.133. The van der Waals surface area contributed by atoms with Crippen LogP contribution in [0.4, 0.5) is 5.69 Å². The molecule has 1 aromatic carbocycles. The Bertz CT molecular complexity index is 758. The van der Waals surface area contributed by atoms with Crippen LogP contribution in [-0.2, 0) is 6.54 Å². The predicted molar refractivity (Wildman–Crippen MR) is 87.6 cm³/mol. The van der Waals surface area contributed by atoms with Gasteiger partial charge in [-0.05, 0) is 48.7 Å². The van der Waals surface area contributed by atoms with Crippen molar-refractivity contribution < 1.29 is 4.79 Å². The van der Waals surface area contributed by atoms with Crippen molar-refractivity contribution in [2.45, 2.75) is 13.5 Å². The third-order valence-electron chi connectivity index (χ3n) is 3.17. The number of hydrogen-bond donors (Lipinski definition) is 1. The molecule has 3 aromatic rings. The monoisotopic (exact) mass is 348 g/mol. The van der Waals surface area contributed by atoms with Crippen LogP contribution in [0.2, 0.25) is 0 Å². The molecule has 2 aromatic heterocycles. The summed E-state index contributed by atoms with van der Waals surface area (Å²) in [6.07, 6.45) is 0. The molecule has 0 spiro atoms. The molecule has 0 aliphatic heterocycles. The van der Waals surface area contributed by atoms with Crippen molar-refractivity contribution in [1.82, 2.24) is 4.57 Å². The molecule has 5 heteroatoms. The minimum absolute atomic E-state index is 0.0717. The van der Waals surface area contributed by atoms with Crippen molar-refractivity contribution >= 4 is 49.1 Å². The molecular formula is C15H13BrN2OS. The first-order valence-electron chi connectivity index (χ1n) is 6.32. The smallest absolute Gasteiger partial charge is 0.272 e. The van der Waals surface area contributed by atoms with Gasteiger partial charge in [0.15, 0.2) is 0 Å². The van der Waals surface area contributed by atoms with E-state index >= 15 is 0 Å². The lowest BCUT2D eigenvalue weighted by molar-refractivity contribution is 0.101. The molecule has 0 saturated carbocycles. The zero-order valence-corrected chi connectivity index (χ0v) is 13.3. The Kier molecular flexibility index (Phi) is 3.63. The number of halogens is 1. The number of nitrogens with zero attached hydrogens (tertiary/aromatic N) is 1. The third-order valence-corrected chi connectivity index (χ3v) is 4.56. The van der Waals surface area contributed by atoms with Crippen LogP contribution in [0.3, 0.4) is 0 Å². The van der Waals surface area contributed by atoms with Crippen LogP contribution in [0.5, 0.6) is 0 Å². The quantitative estimate of drug-likeness (QED) is 0.728. The summed E-state index contributed by atoms with van der Waals surface area (Å²) in [4.78, 5) is 12.4. The van der Waals surface area contributed by atoms with E-state index in [1.54, 1.807) is 11.3 Å². The van der Waals surface area contributed by atoms with Crippen LogP contribution >= 0.6 is 27.3 Å². The molecule has 0 bridgehead atoms. The zero-order valence-electron chi connectivity index (χ0n) is 10.9. The second-order valence-corrected chi connectivity index (χ2v) is 6.27. The first-order valence-corrected chi connectivity index (χ1v) is 8.00. The molecule has 2 heterocycles. The molecule has 3 nitrogen and oxygen atoms in total. The first kappa shape index (κ1) is 13.4. The van der Waals surface area contributed by atoms with Gasteiger partial charge >= 0.3 is 0 Å². The lowest BCUT2D eigenvalue weighted by Gasteiger charge is -2.08. The molecule has 0 atom stereocenters. The number of carbonyl (C=O) groups excluding carboxylic acids is 1. The number of rotatable bonds is 3. The molecule has 0 aliphatic rings. The second-order valence-electron chi connectivity index (χ2n) is 4.40. The van der Waals surface area contributed by atoms with Crippen LogP contribution in [-0.4, -0.2) is 10.5 Å². The highest BCUT2D eigenvalue weighted by Gasteiger charge is 2.15. The Balaban J connectivity index is 1.92. The summed E-state index contributed by atoms with van der Waals surface area (Å²) in [7, 11) is 0. The summed E-state index contributed by atoms with van der Waals surface area (Å²) < 4.78 is 4.18. The Morgan fingerprint density at radius 2 is 2.05 bits per heavy atom. The summed E-state index contributed by atoms with van der Waals surface area (Å²) in [5.41, 5.74) is 2.63. The van der Waals surface area contributed by atoms with Crippen molar-refractivity contribution in [3.63, 3.8) is 0 Å². The minimum atomic E-state index is -0.0717. The molecule has 0 radical (unpaired) electrons. The molecular weight excluding hydrogens is 336 g/mol. The fourth-order valence-electron chi connectivity index (χ4n) is 2.23. The Hall–Kier alpha value is -1.59. The highest BCUT2D eigenvalue weighted by Crippen LogP contribution is 2.26. The summed E-state index contributed by atoms with van der Waals surface area (Å²) >= 11 is 5.04. The Labute approximate surface area is 129 Å². The summed E-state index contributed by atoms with van der Waals surface area (Å²) in [5, 5.41) is 4.98. The number of aromatic nitrogens is 1. The highest BCUT2D eigenvalue weighted by molar-refractivity contribution is 9.10.